The van der Waals surface area contributed by atoms with Crippen LogP contribution in [-0.4, -0.2) is 112 Å². The topological polar surface area (TPSA) is 176 Å². The highest BCUT2D eigenvalue weighted by Gasteiger charge is 2.32. The number of hydrogen-bond donors (Lipinski definition) is 2. The fraction of sp³-hybridized carbons (Fsp3) is 0.464. The molecule has 42 heavy (non-hydrogen) atoms. The van der Waals surface area contributed by atoms with Crippen LogP contribution in [-0.2, 0) is 23.9 Å². The van der Waals surface area contributed by atoms with Gasteiger partial charge in [-0.15, -0.1) is 0 Å². The number of para-hydroxylation sites is 1. The van der Waals surface area contributed by atoms with Crippen LogP contribution in [0.25, 0.3) is 10.9 Å². The second-order valence-corrected chi connectivity index (χ2v) is 9.82. The molecule has 4 rings (SSSR count). The average molecular weight is 584 g/mol. The molecule has 0 bridgehead atoms. The number of carboxylic acid groups (broad SMARTS) is 1. The van der Waals surface area contributed by atoms with Gasteiger partial charge in [-0.3, -0.25) is 28.9 Å². The molecule has 0 aliphatic carbocycles. The number of nitrogens with one attached hydrogen (secondary N) is 1. The molecule has 2 aromatic rings. The van der Waals surface area contributed by atoms with E-state index in [-0.39, 0.29) is 63.0 Å². The van der Waals surface area contributed by atoms with Crippen molar-refractivity contribution in [3.63, 3.8) is 0 Å². The molecule has 2 N–H and O–H groups in total. The molecule has 2 fully saturated rings. The quantitative estimate of drug-likeness (QED) is 0.411. The predicted molar refractivity (Wildman–Crippen MR) is 146 cm³/mol. The summed E-state index contributed by atoms with van der Waals surface area (Å²) in [6.07, 6.45) is -0.106. The molecule has 1 aromatic heterocycles. The number of pyridine rings is 1. The number of piperazine rings is 1. The third-order valence-corrected chi connectivity index (χ3v) is 7.00. The van der Waals surface area contributed by atoms with E-state index in [4.69, 9.17) is 9.47 Å². The number of aliphatic carboxylic acids is 1. The largest absolute Gasteiger partial charge is 0.483 e. The number of benzene rings is 1. The van der Waals surface area contributed by atoms with E-state index in [0.29, 0.717) is 30.3 Å². The molecule has 2 aliphatic rings. The van der Waals surface area contributed by atoms with Gasteiger partial charge in [-0.2, -0.15) is 0 Å². The average Bonchev–Trinajstić information content (AvgIpc) is 3.43. The molecule has 2 aliphatic heterocycles. The van der Waals surface area contributed by atoms with Gasteiger partial charge in [0.1, 0.15) is 17.5 Å². The van der Waals surface area contributed by atoms with Gasteiger partial charge in [0.05, 0.1) is 12.1 Å². The van der Waals surface area contributed by atoms with E-state index in [2.05, 4.69) is 10.3 Å². The van der Waals surface area contributed by atoms with Crippen LogP contribution in [0.4, 0.5) is 4.79 Å². The van der Waals surface area contributed by atoms with Crippen LogP contribution < -0.4 is 10.1 Å². The van der Waals surface area contributed by atoms with Gasteiger partial charge in [0, 0.05) is 57.0 Å². The SMILES string of the molecule is CCOC(=O)N1CCN(C(=O)C(CCC(=O)O)NC(=O)c2cc(OCC(=O)N3CCCC3=O)c3ccccc3n2)CC1. The Balaban J connectivity index is 1.49. The number of imide groups is 1. The summed E-state index contributed by atoms with van der Waals surface area (Å²) in [5.74, 6) is -2.91. The number of nitrogens with zero attached hydrogens (tertiary/aromatic N) is 4. The number of ether oxygens (including phenoxy) is 2. The van der Waals surface area contributed by atoms with E-state index in [1.54, 1.807) is 31.2 Å². The van der Waals surface area contributed by atoms with Crippen molar-refractivity contribution in [2.75, 3.05) is 45.9 Å². The van der Waals surface area contributed by atoms with E-state index >= 15 is 0 Å². The fourth-order valence-corrected chi connectivity index (χ4v) is 4.81. The molecule has 5 amide bonds. The monoisotopic (exact) mass is 583 g/mol. The summed E-state index contributed by atoms with van der Waals surface area (Å²) in [6, 6.07) is 6.99. The third-order valence-electron chi connectivity index (χ3n) is 7.00. The lowest BCUT2D eigenvalue weighted by molar-refractivity contribution is -0.143. The zero-order chi connectivity index (χ0) is 30.2. The van der Waals surface area contributed by atoms with Crippen LogP contribution in [0.5, 0.6) is 5.75 Å². The molecular weight excluding hydrogens is 550 g/mol. The molecule has 224 valence electrons. The first kappa shape index (κ1) is 30.2. The minimum absolute atomic E-state index is 0.103. The van der Waals surface area contributed by atoms with Gasteiger partial charge in [0.2, 0.25) is 11.8 Å². The summed E-state index contributed by atoms with van der Waals surface area (Å²) < 4.78 is 10.7. The van der Waals surface area contributed by atoms with Gasteiger partial charge in [-0.25, -0.2) is 9.78 Å². The van der Waals surface area contributed by atoms with E-state index in [9.17, 15) is 33.9 Å². The maximum atomic E-state index is 13.4. The maximum absolute atomic E-state index is 13.4. The normalized spacial score (nSPS) is 15.8. The second-order valence-electron chi connectivity index (χ2n) is 9.82. The minimum atomic E-state index is -1.16. The highest BCUT2D eigenvalue weighted by atomic mass is 16.6. The number of rotatable bonds is 10. The molecule has 1 atom stereocenters. The molecule has 0 spiro atoms. The zero-order valence-corrected chi connectivity index (χ0v) is 23.2. The number of carbonyl (C=O) groups is 6. The van der Waals surface area contributed by atoms with Gasteiger partial charge in [0.15, 0.2) is 6.61 Å². The number of carbonyl (C=O) groups excluding carboxylic acids is 5. The Morgan fingerprint density at radius 2 is 1.76 bits per heavy atom. The van der Waals surface area contributed by atoms with Crippen molar-refractivity contribution in [1.29, 1.82) is 0 Å². The number of fused-ring (bicyclic) bond motifs is 1. The van der Waals surface area contributed by atoms with E-state index in [0.717, 1.165) is 4.90 Å². The Morgan fingerprint density at radius 3 is 2.43 bits per heavy atom. The highest BCUT2D eigenvalue weighted by Crippen LogP contribution is 2.26. The first-order valence-corrected chi connectivity index (χ1v) is 13.8. The van der Waals surface area contributed by atoms with Crippen molar-refractivity contribution in [2.45, 2.75) is 38.6 Å². The van der Waals surface area contributed by atoms with Crippen LogP contribution in [0, 0.1) is 0 Å². The number of amides is 5. The Bertz CT molecular complexity index is 1370. The van der Waals surface area contributed by atoms with Gasteiger partial charge >= 0.3 is 12.1 Å². The third kappa shape index (κ3) is 7.30. The number of aromatic nitrogens is 1. The molecule has 14 nitrogen and oxygen atoms in total. The Morgan fingerprint density at radius 1 is 1.05 bits per heavy atom. The van der Waals surface area contributed by atoms with Crippen molar-refractivity contribution in [3.05, 3.63) is 36.0 Å². The van der Waals surface area contributed by atoms with Crippen LogP contribution in [0.2, 0.25) is 0 Å². The maximum Gasteiger partial charge on any atom is 0.409 e. The van der Waals surface area contributed by atoms with Crippen LogP contribution >= 0.6 is 0 Å². The highest BCUT2D eigenvalue weighted by molar-refractivity contribution is 6.00. The summed E-state index contributed by atoms with van der Waals surface area (Å²) in [5, 5.41) is 12.4. The molecule has 3 heterocycles. The summed E-state index contributed by atoms with van der Waals surface area (Å²) in [5.41, 5.74) is 0.294. The second kappa shape index (κ2) is 13.7. The lowest BCUT2D eigenvalue weighted by atomic mass is 10.1. The summed E-state index contributed by atoms with van der Waals surface area (Å²) >= 11 is 0. The molecule has 1 unspecified atom stereocenters. The number of likely N-dealkylation sites (tertiary alicyclic amines) is 1. The van der Waals surface area contributed by atoms with Gasteiger partial charge in [-0.05, 0) is 31.9 Å². The zero-order valence-electron chi connectivity index (χ0n) is 23.2. The fourth-order valence-electron chi connectivity index (χ4n) is 4.81. The van der Waals surface area contributed by atoms with Crippen molar-refractivity contribution in [1.82, 2.24) is 25.0 Å². The standard InChI is InChI=1S/C28H33N5O9/c1-2-41-28(40)32-14-12-31(13-15-32)27(39)20(9-10-25(36)37)30-26(38)21-16-22(18-6-3-4-7-19(18)29-21)42-17-24(35)33-11-5-8-23(33)34/h3-4,6-7,16,20H,2,5,8-15,17H2,1H3,(H,30,38)(H,36,37). The van der Waals surface area contributed by atoms with Crippen LogP contribution in [0.3, 0.4) is 0 Å². The molecule has 2 saturated heterocycles. The van der Waals surface area contributed by atoms with Crippen molar-refractivity contribution >= 4 is 46.6 Å². The van der Waals surface area contributed by atoms with Crippen molar-refractivity contribution in [3.8, 4) is 5.75 Å². The molecule has 14 heteroatoms. The summed E-state index contributed by atoms with van der Waals surface area (Å²) in [6.45, 7) is 2.69. The van der Waals surface area contributed by atoms with Crippen LogP contribution in [0.1, 0.15) is 43.1 Å². The molecular formula is C28H33N5O9. The van der Waals surface area contributed by atoms with E-state index in [1.165, 1.54) is 15.9 Å². The first-order valence-electron chi connectivity index (χ1n) is 13.8. The van der Waals surface area contributed by atoms with Crippen molar-refractivity contribution < 1.29 is 43.3 Å². The van der Waals surface area contributed by atoms with Gasteiger partial charge in [0.25, 0.3) is 11.8 Å². The molecule has 0 radical (unpaired) electrons. The number of hydrogen-bond acceptors (Lipinski definition) is 9. The Hall–Kier alpha value is -4.75. The summed E-state index contributed by atoms with van der Waals surface area (Å²) in [7, 11) is 0. The van der Waals surface area contributed by atoms with Crippen molar-refractivity contribution in [2.24, 2.45) is 0 Å². The first-order chi connectivity index (χ1) is 20.2. The molecule has 1 aromatic carbocycles. The van der Waals surface area contributed by atoms with E-state index in [1.807, 2.05) is 0 Å². The Kier molecular flexibility index (Phi) is 9.89. The van der Waals surface area contributed by atoms with Crippen LogP contribution in [0.15, 0.2) is 30.3 Å². The summed E-state index contributed by atoms with van der Waals surface area (Å²) in [4.78, 5) is 82.9. The number of carboxylic acids is 1. The lowest BCUT2D eigenvalue weighted by Crippen LogP contribution is -2.56. The minimum Gasteiger partial charge on any atom is -0.483 e. The smallest absolute Gasteiger partial charge is 0.409 e. The van der Waals surface area contributed by atoms with E-state index < -0.39 is 42.4 Å². The molecule has 0 saturated carbocycles. The predicted octanol–water partition coefficient (Wildman–Crippen LogP) is 1.03. The lowest BCUT2D eigenvalue weighted by Gasteiger charge is -2.35. The van der Waals surface area contributed by atoms with Gasteiger partial charge in [-0.1, -0.05) is 12.1 Å². The Labute approximate surface area is 241 Å². The van der Waals surface area contributed by atoms with Gasteiger partial charge < -0.3 is 29.7 Å².